The number of halogens is 2. The zero-order valence-electron chi connectivity index (χ0n) is 6.14. The van der Waals surface area contributed by atoms with Crippen LogP contribution in [-0.2, 0) is 0 Å². The molecule has 0 saturated heterocycles. The monoisotopic (exact) mass is 310 g/mol. The van der Waals surface area contributed by atoms with Crippen LogP contribution >= 0.6 is 45.5 Å². The Morgan fingerprint density at radius 1 is 1.58 bits per heavy atom. The average Bonchev–Trinajstić information content (AvgIpc) is 2.31. The molecule has 2 heterocycles. The molecule has 0 N–H and O–H groups in total. The van der Waals surface area contributed by atoms with Crippen LogP contribution in [0.3, 0.4) is 0 Å². The standard InChI is InChI=1S/C7H4ClIN2S/c1-3-5-4(12-6(3)9)2-10-7(8)11-5/h2H,1H3. The summed E-state index contributed by atoms with van der Waals surface area (Å²) < 4.78 is 2.35. The molecule has 0 amide bonds. The lowest BCUT2D eigenvalue weighted by Gasteiger charge is -1.90. The molecule has 2 aromatic heterocycles. The van der Waals surface area contributed by atoms with E-state index < -0.39 is 0 Å². The normalized spacial score (nSPS) is 10.9. The first-order chi connectivity index (χ1) is 5.68. The van der Waals surface area contributed by atoms with E-state index in [-0.39, 0.29) is 0 Å². The predicted octanol–water partition coefficient (Wildman–Crippen LogP) is 3.26. The number of hydrogen-bond donors (Lipinski definition) is 0. The number of nitrogens with zero attached hydrogens (tertiary/aromatic N) is 2. The van der Waals surface area contributed by atoms with Gasteiger partial charge in [0, 0.05) is 6.20 Å². The molecular weight excluding hydrogens is 307 g/mol. The van der Waals surface area contributed by atoms with E-state index in [1.807, 2.05) is 6.92 Å². The van der Waals surface area contributed by atoms with Gasteiger partial charge in [-0.1, -0.05) is 0 Å². The lowest BCUT2D eigenvalue weighted by Crippen LogP contribution is -1.81. The van der Waals surface area contributed by atoms with Crippen molar-refractivity contribution in [2.75, 3.05) is 0 Å². The first-order valence-electron chi connectivity index (χ1n) is 3.25. The van der Waals surface area contributed by atoms with Crippen molar-refractivity contribution in [3.05, 3.63) is 19.9 Å². The fourth-order valence-corrected chi connectivity index (χ4v) is 2.90. The Hall–Kier alpha value is 0.0600. The fraction of sp³-hybridized carbons (Fsp3) is 0.143. The molecule has 0 bridgehead atoms. The largest absolute Gasteiger partial charge is 0.225 e. The van der Waals surface area contributed by atoms with Gasteiger partial charge in [-0.3, -0.25) is 0 Å². The smallest absolute Gasteiger partial charge is 0.222 e. The minimum atomic E-state index is 0.319. The van der Waals surface area contributed by atoms with Crippen LogP contribution in [-0.4, -0.2) is 9.97 Å². The third-order valence-corrected chi connectivity index (χ3v) is 4.23. The van der Waals surface area contributed by atoms with E-state index in [9.17, 15) is 0 Å². The topological polar surface area (TPSA) is 25.8 Å². The maximum atomic E-state index is 5.68. The van der Waals surface area contributed by atoms with E-state index in [4.69, 9.17) is 11.6 Å². The molecule has 12 heavy (non-hydrogen) atoms. The van der Waals surface area contributed by atoms with Crippen LogP contribution in [0.2, 0.25) is 5.28 Å². The molecule has 2 rings (SSSR count). The molecule has 0 unspecified atom stereocenters. The molecule has 0 saturated carbocycles. The van der Waals surface area contributed by atoms with Crippen molar-refractivity contribution >= 4 is 55.7 Å². The molecule has 0 radical (unpaired) electrons. The van der Waals surface area contributed by atoms with Crippen LogP contribution in [0, 0.1) is 9.81 Å². The van der Waals surface area contributed by atoms with Gasteiger partial charge in [-0.25, -0.2) is 9.97 Å². The zero-order valence-corrected chi connectivity index (χ0v) is 9.87. The molecule has 0 atom stereocenters. The van der Waals surface area contributed by atoms with Crippen molar-refractivity contribution in [2.24, 2.45) is 0 Å². The number of hydrogen-bond acceptors (Lipinski definition) is 3. The van der Waals surface area contributed by atoms with Gasteiger partial charge >= 0.3 is 0 Å². The van der Waals surface area contributed by atoms with Crippen molar-refractivity contribution < 1.29 is 0 Å². The molecule has 5 heteroatoms. The first-order valence-corrected chi connectivity index (χ1v) is 5.53. The molecule has 62 valence electrons. The highest BCUT2D eigenvalue weighted by Crippen LogP contribution is 2.30. The van der Waals surface area contributed by atoms with Crippen molar-refractivity contribution in [3.8, 4) is 0 Å². The highest BCUT2D eigenvalue weighted by atomic mass is 127. The van der Waals surface area contributed by atoms with Gasteiger partial charge in [-0.05, 0) is 46.7 Å². The van der Waals surface area contributed by atoms with E-state index in [0.717, 1.165) is 10.2 Å². The number of rotatable bonds is 0. The summed E-state index contributed by atoms with van der Waals surface area (Å²) in [5.41, 5.74) is 2.17. The van der Waals surface area contributed by atoms with Gasteiger partial charge in [-0.2, -0.15) is 0 Å². The fourth-order valence-electron chi connectivity index (χ4n) is 0.959. The summed E-state index contributed by atoms with van der Waals surface area (Å²) in [6, 6.07) is 0. The second kappa shape index (κ2) is 3.08. The highest BCUT2D eigenvalue weighted by Gasteiger charge is 2.07. The molecule has 2 nitrogen and oxygen atoms in total. The number of aryl methyl sites for hydroxylation is 1. The molecular formula is C7H4ClIN2S. The average molecular weight is 311 g/mol. The van der Waals surface area contributed by atoms with Gasteiger partial charge in [0.25, 0.3) is 0 Å². The summed E-state index contributed by atoms with van der Waals surface area (Å²) >= 11 is 9.67. The van der Waals surface area contributed by atoms with Crippen LogP contribution < -0.4 is 0 Å². The Balaban J connectivity index is 2.88. The van der Waals surface area contributed by atoms with Crippen LogP contribution in [0.1, 0.15) is 5.56 Å². The lowest BCUT2D eigenvalue weighted by atomic mass is 10.3. The maximum absolute atomic E-state index is 5.68. The SMILES string of the molecule is Cc1c(I)sc2cnc(Cl)nc12. The van der Waals surface area contributed by atoms with Gasteiger partial charge in [0.05, 0.1) is 13.1 Å². The second-order valence-electron chi connectivity index (χ2n) is 2.35. The van der Waals surface area contributed by atoms with E-state index >= 15 is 0 Å². The minimum Gasteiger partial charge on any atom is -0.225 e. The van der Waals surface area contributed by atoms with Crippen LogP contribution in [0.25, 0.3) is 10.2 Å². The van der Waals surface area contributed by atoms with Gasteiger partial charge < -0.3 is 0 Å². The third-order valence-electron chi connectivity index (χ3n) is 1.58. The highest BCUT2D eigenvalue weighted by molar-refractivity contribution is 14.1. The molecule has 0 aromatic carbocycles. The Bertz CT molecular complexity index is 440. The van der Waals surface area contributed by atoms with E-state index in [2.05, 4.69) is 32.6 Å². The van der Waals surface area contributed by atoms with E-state index in [1.54, 1.807) is 17.5 Å². The molecule has 0 aliphatic heterocycles. The van der Waals surface area contributed by atoms with Crippen molar-refractivity contribution in [3.63, 3.8) is 0 Å². The number of fused-ring (bicyclic) bond motifs is 1. The lowest BCUT2D eigenvalue weighted by molar-refractivity contribution is 1.22. The number of aromatic nitrogens is 2. The summed E-state index contributed by atoms with van der Waals surface area (Å²) in [5, 5.41) is 0.319. The van der Waals surface area contributed by atoms with Crippen LogP contribution in [0.15, 0.2) is 6.20 Å². The summed E-state index contributed by atoms with van der Waals surface area (Å²) in [4.78, 5) is 8.08. The van der Waals surface area contributed by atoms with Gasteiger partial charge in [0.1, 0.15) is 0 Å². The maximum Gasteiger partial charge on any atom is 0.222 e. The predicted molar refractivity (Wildman–Crippen MR) is 59.9 cm³/mol. The first kappa shape index (κ1) is 8.65. The van der Waals surface area contributed by atoms with E-state index in [0.29, 0.717) is 5.28 Å². The zero-order chi connectivity index (χ0) is 8.72. The summed E-state index contributed by atoms with van der Waals surface area (Å²) in [6.45, 7) is 2.05. The Morgan fingerprint density at radius 2 is 2.33 bits per heavy atom. The van der Waals surface area contributed by atoms with Crippen molar-refractivity contribution in [1.29, 1.82) is 0 Å². The molecule has 0 fully saturated rings. The van der Waals surface area contributed by atoms with Gasteiger partial charge in [-0.15, -0.1) is 11.3 Å². The Kier molecular flexibility index (Phi) is 2.22. The summed E-state index contributed by atoms with van der Waals surface area (Å²) in [7, 11) is 0. The van der Waals surface area contributed by atoms with Crippen LogP contribution in [0.5, 0.6) is 0 Å². The molecule has 0 spiro atoms. The molecule has 2 aromatic rings. The van der Waals surface area contributed by atoms with Crippen molar-refractivity contribution in [1.82, 2.24) is 9.97 Å². The van der Waals surface area contributed by atoms with Gasteiger partial charge in [0.15, 0.2) is 0 Å². The summed E-state index contributed by atoms with van der Waals surface area (Å²) in [5.74, 6) is 0. The number of thiophene rings is 1. The van der Waals surface area contributed by atoms with Gasteiger partial charge in [0.2, 0.25) is 5.28 Å². The summed E-state index contributed by atoms with van der Waals surface area (Å²) in [6.07, 6.45) is 1.77. The van der Waals surface area contributed by atoms with Crippen LogP contribution in [0.4, 0.5) is 0 Å². The quantitative estimate of drug-likeness (QED) is 0.551. The molecule has 0 aliphatic carbocycles. The van der Waals surface area contributed by atoms with Crippen molar-refractivity contribution in [2.45, 2.75) is 6.92 Å². The molecule has 0 aliphatic rings. The minimum absolute atomic E-state index is 0.319. The Morgan fingerprint density at radius 3 is 3.08 bits per heavy atom. The van der Waals surface area contributed by atoms with E-state index in [1.165, 1.54) is 8.45 Å². The second-order valence-corrected chi connectivity index (χ2v) is 5.55. The third kappa shape index (κ3) is 1.31. The Labute approximate surface area is 92.1 Å².